The zero-order chi connectivity index (χ0) is 17.5. The van der Waals surface area contributed by atoms with E-state index in [4.69, 9.17) is 4.74 Å². The molecule has 4 nitrogen and oxygen atoms in total. The smallest absolute Gasteiger partial charge is 0.260 e. The Balaban J connectivity index is 1.78. The molecule has 0 fully saturated rings. The van der Waals surface area contributed by atoms with Crippen LogP contribution in [0.4, 0.5) is 5.69 Å². The minimum absolute atomic E-state index is 0.102. The molecule has 128 valence electrons. The van der Waals surface area contributed by atoms with E-state index in [1.807, 2.05) is 62.5 Å². The molecule has 0 saturated carbocycles. The Labute approximate surface area is 144 Å². The molecule has 0 saturated heterocycles. The average molecular weight is 326 g/mol. The maximum atomic E-state index is 12.2. The Bertz CT molecular complexity index is 671. The van der Waals surface area contributed by atoms with Gasteiger partial charge in [0.1, 0.15) is 5.75 Å². The van der Waals surface area contributed by atoms with Gasteiger partial charge >= 0.3 is 0 Å². The summed E-state index contributed by atoms with van der Waals surface area (Å²) in [5.74, 6) is 0.622. The van der Waals surface area contributed by atoms with Crippen molar-refractivity contribution in [3.05, 3.63) is 59.7 Å². The molecular formula is C20H26N2O2. The first-order valence-corrected chi connectivity index (χ1v) is 8.25. The highest BCUT2D eigenvalue weighted by Crippen LogP contribution is 2.17. The first kappa shape index (κ1) is 17.9. The number of aryl methyl sites for hydroxylation is 2. The number of benzene rings is 2. The Morgan fingerprint density at radius 1 is 1.12 bits per heavy atom. The maximum Gasteiger partial charge on any atom is 0.260 e. The van der Waals surface area contributed by atoms with Gasteiger partial charge in [-0.05, 0) is 56.2 Å². The van der Waals surface area contributed by atoms with E-state index in [1.165, 1.54) is 5.56 Å². The van der Waals surface area contributed by atoms with Crippen molar-refractivity contribution in [2.24, 2.45) is 0 Å². The lowest BCUT2D eigenvalue weighted by Gasteiger charge is -2.20. The molecule has 2 aromatic carbocycles. The van der Waals surface area contributed by atoms with Crippen molar-refractivity contribution in [1.82, 2.24) is 5.32 Å². The van der Waals surface area contributed by atoms with Gasteiger partial charge < -0.3 is 15.0 Å². The minimum Gasteiger partial charge on any atom is -0.481 e. The van der Waals surface area contributed by atoms with Crippen molar-refractivity contribution in [2.75, 3.05) is 25.0 Å². The molecule has 2 rings (SSSR count). The highest BCUT2D eigenvalue weighted by atomic mass is 16.5. The van der Waals surface area contributed by atoms with Gasteiger partial charge in [0.25, 0.3) is 5.91 Å². The van der Waals surface area contributed by atoms with Crippen molar-refractivity contribution in [3.63, 3.8) is 0 Å². The maximum absolute atomic E-state index is 12.2. The van der Waals surface area contributed by atoms with Gasteiger partial charge in [-0.1, -0.05) is 24.3 Å². The lowest BCUT2D eigenvalue weighted by Crippen LogP contribution is -2.40. The van der Waals surface area contributed by atoms with E-state index in [9.17, 15) is 4.79 Å². The van der Waals surface area contributed by atoms with Crippen LogP contribution in [0, 0.1) is 13.8 Å². The molecule has 0 radical (unpaired) electrons. The summed E-state index contributed by atoms with van der Waals surface area (Å²) < 4.78 is 5.73. The molecule has 1 amide bonds. The highest BCUT2D eigenvalue weighted by Gasteiger charge is 2.14. The Morgan fingerprint density at radius 2 is 1.83 bits per heavy atom. The molecule has 0 heterocycles. The van der Waals surface area contributed by atoms with Gasteiger partial charge in [0.05, 0.1) is 0 Å². The summed E-state index contributed by atoms with van der Waals surface area (Å²) in [5.41, 5.74) is 3.50. The number of hydrogen-bond acceptors (Lipinski definition) is 3. The lowest BCUT2D eigenvalue weighted by atomic mass is 10.1. The number of carbonyl (C=O) groups excluding carboxylic acids is 1. The second-order valence-corrected chi connectivity index (χ2v) is 6.05. The first-order chi connectivity index (χ1) is 11.5. The fourth-order valence-electron chi connectivity index (χ4n) is 2.35. The molecule has 0 bridgehead atoms. The monoisotopic (exact) mass is 326 g/mol. The predicted molar refractivity (Wildman–Crippen MR) is 98.7 cm³/mol. The molecule has 2 aromatic rings. The number of para-hydroxylation sites is 1. The molecule has 0 aliphatic carbocycles. The van der Waals surface area contributed by atoms with Crippen molar-refractivity contribution in [1.29, 1.82) is 0 Å². The second kappa shape index (κ2) is 8.39. The lowest BCUT2D eigenvalue weighted by molar-refractivity contribution is -0.127. The normalized spacial score (nSPS) is 11.7. The number of carbonyl (C=O) groups is 1. The van der Waals surface area contributed by atoms with Crippen molar-refractivity contribution in [2.45, 2.75) is 26.9 Å². The molecule has 1 N–H and O–H groups in total. The van der Waals surface area contributed by atoms with Gasteiger partial charge in [-0.3, -0.25) is 4.79 Å². The van der Waals surface area contributed by atoms with E-state index in [0.717, 1.165) is 23.5 Å². The molecule has 24 heavy (non-hydrogen) atoms. The predicted octanol–water partition coefficient (Wildman–Crippen LogP) is 3.32. The highest BCUT2D eigenvalue weighted by molar-refractivity contribution is 5.80. The quantitative estimate of drug-likeness (QED) is 0.848. The summed E-state index contributed by atoms with van der Waals surface area (Å²) in [5, 5.41) is 2.92. The molecule has 0 spiro atoms. The van der Waals surface area contributed by atoms with E-state index in [0.29, 0.717) is 6.54 Å². The van der Waals surface area contributed by atoms with Gasteiger partial charge in [0, 0.05) is 25.8 Å². The number of ether oxygens (including phenoxy) is 1. The number of anilines is 1. The summed E-state index contributed by atoms with van der Waals surface area (Å²) in [7, 11) is 2.01. The van der Waals surface area contributed by atoms with Gasteiger partial charge in [0.2, 0.25) is 0 Å². The minimum atomic E-state index is -0.519. The van der Waals surface area contributed by atoms with E-state index >= 15 is 0 Å². The number of rotatable bonds is 7. The van der Waals surface area contributed by atoms with Crippen LogP contribution < -0.4 is 15.0 Å². The SMILES string of the molecule is Cc1ccc(O[C@H](C)C(=O)NCCN(C)c2ccccc2)cc1C. The van der Waals surface area contributed by atoms with Gasteiger partial charge in [-0.25, -0.2) is 0 Å². The topological polar surface area (TPSA) is 41.6 Å². The van der Waals surface area contributed by atoms with Crippen LogP contribution in [0.1, 0.15) is 18.1 Å². The van der Waals surface area contributed by atoms with Crippen molar-refractivity contribution in [3.8, 4) is 5.75 Å². The van der Waals surface area contributed by atoms with E-state index in [-0.39, 0.29) is 5.91 Å². The largest absolute Gasteiger partial charge is 0.481 e. The standard InChI is InChI=1S/C20H26N2O2/c1-15-10-11-19(14-16(15)2)24-17(3)20(23)21-12-13-22(4)18-8-6-5-7-9-18/h5-11,14,17H,12-13H2,1-4H3,(H,21,23)/t17-/m1/s1. The van der Waals surface area contributed by atoms with Crippen LogP contribution in [0.3, 0.4) is 0 Å². The summed E-state index contributed by atoms with van der Waals surface area (Å²) >= 11 is 0. The van der Waals surface area contributed by atoms with Crippen LogP contribution in [0.15, 0.2) is 48.5 Å². The first-order valence-electron chi connectivity index (χ1n) is 8.25. The fourth-order valence-corrected chi connectivity index (χ4v) is 2.35. The van der Waals surface area contributed by atoms with Crippen LogP contribution in [0.25, 0.3) is 0 Å². The molecule has 1 atom stereocenters. The molecule has 0 aliphatic heterocycles. The molecule has 0 aliphatic rings. The summed E-state index contributed by atoms with van der Waals surface area (Å²) in [6.07, 6.45) is -0.519. The summed E-state index contributed by atoms with van der Waals surface area (Å²) in [6.45, 7) is 7.17. The van der Waals surface area contributed by atoms with Crippen molar-refractivity contribution < 1.29 is 9.53 Å². The number of nitrogens with zero attached hydrogens (tertiary/aromatic N) is 1. The summed E-state index contributed by atoms with van der Waals surface area (Å²) in [6, 6.07) is 16.0. The third kappa shape index (κ3) is 5.01. The van der Waals surface area contributed by atoms with Gasteiger partial charge in [-0.2, -0.15) is 0 Å². The zero-order valence-electron chi connectivity index (χ0n) is 14.9. The number of likely N-dealkylation sites (N-methyl/N-ethyl adjacent to an activating group) is 1. The number of nitrogens with one attached hydrogen (secondary N) is 1. The van der Waals surface area contributed by atoms with Crippen LogP contribution in [-0.4, -0.2) is 32.1 Å². The van der Waals surface area contributed by atoms with E-state index in [2.05, 4.69) is 17.1 Å². The van der Waals surface area contributed by atoms with E-state index < -0.39 is 6.10 Å². The van der Waals surface area contributed by atoms with Crippen LogP contribution >= 0.6 is 0 Å². The third-order valence-electron chi connectivity index (χ3n) is 4.10. The number of amides is 1. The molecule has 4 heteroatoms. The fraction of sp³-hybridized carbons (Fsp3) is 0.350. The summed E-state index contributed by atoms with van der Waals surface area (Å²) in [4.78, 5) is 14.3. The van der Waals surface area contributed by atoms with Crippen LogP contribution in [0.2, 0.25) is 0 Å². The van der Waals surface area contributed by atoms with E-state index in [1.54, 1.807) is 6.92 Å². The third-order valence-corrected chi connectivity index (χ3v) is 4.10. The van der Waals surface area contributed by atoms with Gasteiger partial charge in [-0.15, -0.1) is 0 Å². The Hall–Kier alpha value is -2.49. The van der Waals surface area contributed by atoms with Crippen LogP contribution in [-0.2, 0) is 4.79 Å². The second-order valence-electron chi connectivity index (χ2n) is 6.05. The molecule has 0 aromatic heterocycles. The van der Waals surface area contributed by atoms with Gasteiger partial charge in [0.15, 0.2) is 6.10 Å². The average Bonchev–Trinajstić information content (AvgIpc) is 2.58. The Morgan fingerprint density at radius 3 is 2.50 bits per heavy atom. The number of hydrogen-bond donors (Lipinski definition) is 1. The van der Waals surface area contributed by atoms with Crippen molar-refractivity contribution >= 4 is 11.6 Å². The zero-order valence-corrected chi connectivity index (χ0v) is 14.9. The molecule has 0 unspecified atom stereocenters. The Kier molecular flexibility index (Phi) is 6.24. The van der Waals surface area contributed by atoms with Crippen LogP contribution in [0.5, 0.6) is 5.75 Å². The molecular weight excluding hydrogens is 300 g/mol.